The van der Waals surface area contributed by atoms with Crippen LogP contribution in [-0.4, -0.2) is 60.0 Å². The number of nitrogens with one attached hydrogen (secondary N) is 1. The summed E-state index contributed by atoms with van der Waals surface area (Å²) in [6.45, 7) is 3.39. The lowest BCUT2D eigenvalue weighted by Gasteiger charge is -2.45. The van der Waals surface area contributed by atoms with Crippen LogP contribution in [0.25, 0.3) is 10.9 Å². The lowest BCUT2D eigenvalue weighted by Crippen LogP contribution is -2.54. The van der Waals surface area contributed by atoms with Crippen molar-refractivity contribution in [2.45, 2.75) is 50.2 Å². The number of H-pyrrole nitrogens is 1. The van der Waals surface area contributed by atoms with E-state index < -0.39 is 0 Å². The van der Waals surface area contributed by atoms with Crippen LogP contribution in [-0.2, 0) is 21.6 Å². The number of amides is 1. The van der Waals surface area contributed by atoms with Gasteiger partial charge in [0.25, 0.3) is 0 Å². The molecule has 3 aliphatic heterocycles. The van der Waals surface area contributed by atoms with Crippen molar-refractivity contribution in [3.05, 3.63) is 35.5 Å². The molecule has 2 fully saturated rings. The van der Waals surface area contributed by atoms with E-state index in [0.29, 0.717) is 5.91 Å². The van der Waals surface area contributed by atoms with Crippen molar-refractivity contribution >= 4 is 16.8 Å². The lowest BCUT2D eigenvalue weighted by atomic mass is 9.83. The second kappa shape index (κ2) is 6.64. The van der Waals surface area contributed by atoms with Gasteiger partial charge in [-0.3, -0.25) is 9.69 Å². The van der Waals surface area contributed by atoms with Crippen molar-refractivity contribution in [2.24, 2.45) is 0 Å². The van der Waals surface area contributed by atoms with E-state index in [0.717, 1.165) is 51.9 Å². The maximum absolute atomic E-state index is 13.1. The van der Waals surface area contributed by atoms with Gasteiger partial charge >= 0.3 is 0 Å². The van der Waals surface area contributed by atoms with E-state index >= 15 is 0 Å². The predicted octanol–water partition coefficient (Wildman–Crippen LogP) is 3.04. The van der Waals surface area contributed by atoms with Crippen molar-refractivity contribution in [1.29, 1.82) is 0 Å². The van der Waals surface area contributed by atoms with Gasteiger partial charge in [0.1, 0.15) is 5.60 Å². The van der Waals surface area contributed by atoms with Gasteiger partial charge in [0.15, 0.2) is 0 Å². The molecule has 2 saturated heterocycles. The van der Waals surface area contributed by atoms with E-state index in [1.165, 1.54) is 35.0 Å². The summed E-state index contributed by atoms with van der Waals surface area (Å²) in [6, 6.07) is 8.63. The van der Waals surface area contributed by atoms with E-state index in [9.17, 15) is 4.79 Å². The number of carbonyl (C=O) groups excluding carboxylic acids is 1. The number of benzene rings is 1. The second-order valence-corrected chi connectivity index (χ2v) is 8.43. The van der Waals surface area contributed by atoms with Crippen LogP contribution in [0.4, 0.5) is 0 Å². The number of nitrogens with zero attached hydrogens (tertiary/aromatic N) is 2. The fourth-order valence-corrected chi connectivity index (χ4v) is 5.35. The summed E-state index contributed by atoms with van der Waals surface area (Å²) in [5, 5.41) is 1.33. The molecule has 144 valence electrons. The molecule has 4 heterocycles. The van der Waals surface area contributed by atoms with Crippen LogP contribution >= 0.6 is 0 Å². The van der Waals surface area contributed by atoms with Gasteiger partial charge < -0.3 is 14.6 Å². The fourth-order valence-electron chi connectivity index (χ4n) is 5.35. The predicted molar refractivity (Wildman–Crippen MR) is 106 cm³/mol. The third-order valence-electron chi connectivity index (χ3n) is 6.94. The summed E-state index contributed by atoms with van der Waals surface area (Å²) >= 11 is 0. The van der Waals surface area contributed by atoms with Gasteiger partial charge in [-0.15, -0.1) is 0 Å². The zero-order valence-electron chi connectivity index (χ0n) is 16.2. The van der Waals surface area contributed by atoms with Gasteiger partial charge in [-0.25, -0.2) is 0 Å². The van der Waals surface area contributed by atoms with Gasteiger partial charge in [0.2, 0.25) is 5.91 Å². The molecule has 1 amide bonds. The Kier molecular flexibility index (Phi) is 4.25. The maximum atomic E-state index is 13.1. The highest BCUT2D eigenvalue weighted by molar-refractivity contribution is 5.85. The first kappa shape index (κ1) is 17.3. The maximum Gasteiger partial charge on any atom is 0.239 e. The van der Waals surface area contributed by atoms with Gasteiger partial charge in [-0.1, -0.05) is 24.6 Å². The number of likely N-dealkylation sites (tertiary alicyclic amines) is 2. The highest BCUT2D eigenvalue weighted by atomic mass is 16.5. The van der Waals surface area contributed by atoms with Crippen LogP contribution in [0.15, 0.2) is 24.3 Å². The van der Waals surface area contributed by atoms with Crippen LogP contribution < -0.4 is 0 Å². The van der Waals surface area contributed by atoms with Crippen molar-refractivity contribution < 1.29 is 9.53 Å². The third-order valence-corrected chi connectivity index (χ3v) is 6.94. The first-order valence-corrected chi connectivity index (χ1v) is 10.4. The van der Waals surface area contributed by atoms with Crippen LogP contribution in [0, 0.1) is 0 Å². The minimum Gasteiger partial charge on any atom is -0.368 e. The Bertz CT molecular complexity index is 850. The van der Waals surface area contributed by atoms with Crippen LogP contribution in [0.2, 0.25) is 0 Å². The lowest BCUT2D eigenvalue weighted by molar-refractivity contribution is -0.146. The van der Waals surface area contributed by atoms with E-state index in [1.807, 2.05) is 0 Å². The summed E-state index contributed by atoms with van der Waals surface area (Å²) in [6.07, 6.45) is 6.11. The molecule has 27 heavy (non-hydrogen) atoms. The first-order chi connectivity index (χ1) is 13.2. The number of aromatic nitrogens is 1. The molecule has 1 spiro atoms. The van der Waals surface area contributed by atoms with Crippen molar-refractivity contribution in [2.75, 3.05) is 33.3 Å². The number of hydrogen-bond donors (Lipinski definition) is 1. The molecule has 2 aromatic rings. The Hall–Kier alpha value is -1.85. The van der Waals surface area contributed by atoms with Gasteiger partial charge in [-0.2, -0.15) is 0 Å². The second-order valence-electron chi connectivity index (χ2n) is 8.43. The molecule has 0 saturated carbocycles. The summed E-state index contributed by atoms with van der Waals surface area (Å²) in [5.41, 5.74) is 3.64. The van der Waals surface area contributed by atoms with E-state index in [1.54, 1.807) is 0 Å². The fraction of sp³-hybridized carbons (Fsp3) is 0.591. The minimum absolute atomic E-state index is 0.0729. The molecule has 5 rings (SSSR count). The Balaban J connectivity index is 1.37. The molecular formula is C22H29N3O2. The van der Waals surface area contributed by atoms with E-state index in [-0.39, 0.29) is 11.6 Å². The Morgan fingerprint density at radius 2 is 2.00 bits per heavy atom. The number of aromatic amines is 1. The number of likely N-dealkylation sites (N-methyl/N-ethyl adjacent to an activating group) is 1. The van der Waals surface area contributed by atoms with Gasteiger partial charge in [0.05, 0.1) is 18.3 Å². The smallest absolute Gasteiger partial charge is 0.239 e. The summed E-state index contributed by atoms with van der Waals surface area (Å²) in [7, 11) is 2.09. The summed E-state index contributed by atoms with van der Waals surface area (Å²) in [4.78, 5) is 21.0. The summed E-state index contributed by atoms with van der Waals surface area (Å²) in [5.74, 6) is 0.319. The number of fused-ring (bicyclic) bond motifs is 4. The van der Waals surface area contributed by atoms with E-state index in [4.69, 9.17) is 4.74 Å². The van der Waals surface area contributed by atoms with Crippen LogP contribution in [0.3, 0.4) is 0 Å². The molecular weight excluding hydrogens is 338 g/mol. The number of ether oxygens (including phenoxy) is 1. The molecule has 0 bridgehead atoms. The molecule has 1 aromatic carbocycles. The molecule has 5 nitrogen and oxygen atoms in total. The van der Waals surface area contributed by atoms with Crippen LogP contribution in [0.1, 0.15) is 43.4 Å². The quantitative estimate of drug-likeness (QED) is 0.843. The number of hydrogen-bond acceptors (Lipinski definition) is 3. The third kappa shape index (κ3) is 2.79. The Labute approximate surface area is 160 Å². The molecule has 0 aliphatic carbocycles. The molecule has 1 atom stereocenters. The zero-order chi connectivity index (χ0) is 18.4. The molecule has 0 radical (unpaired) electrons. The normalized spacial score (nSPS) is 25.7. The highest BCUT2D eigenvalue weighted by Gasteiger charge is 2.44. The number of piperidine rings is 2. The Morgan fingerprint density at radius 3 is 2.81 bits per heavy atom. The van der Waals surface area contributed by atoms with E-state index in [2.05, 4.69) is 46.1 Å². The first-order valence-electron chi connectivity index (χ1n) is 10.4. The van der Waals surface area contributed by atoms with Crippen molar-refractivity contribution in [3.8, 4) is 0 Å². The van der Waals surface area contributed by atoms with Crippen molar-refractivity contribution in [3.63, 3.8) is 0 Å². The number of rotatable bonds is 1. The van der Waals surface area contributed by atoms with Gasteiger partial charge in [-0.05, 0) is 57.3 Å². The minimum atomic E-state index is -0.248. The zero-order valence-corrected chi connectivity index (χ0v) is 16.2. The molecule has 1 aromatic heterocycles. The van der Waals surface area contributed by atoms with Gasteiger partial charge in [0, 0.05) is 24.0 Å². The summed E-state index contributed by atoms with van der Waals surface area (Å²) < 4.78 is 6.38. The number of carbonyl (C=O) groups is 1. The average Bonchev–Trinajstić information content (AvgIpc) is 3.09. The SMILES string of the molecule is CN1CCCCC1C(=O)N1CCC2(CC1)OCCc1c2[nH]c2ccccc12. The largest absolute Gasteiger partial charge is 0.368 e. The van der Waals surface area contributed by atoms with Crippen molar-refractivity contribution in [1.82, 2.24) is 14.8 Å². The molecule has 5 heteroatoms. The molecule has 1 N–H and O–H groups in total. The Morgan fingerprint density at radius 1 is 1.19 bits per heavy atom. The van der Waals surface area contributed by atoms with Crippen LogP contribution in [0.5, 0.6) is 0 Å². The monoisotopic (exact) mass is 367 g/mol. The topological polar surface area (TPSA) is 48.6 Å². The number of para-hydroxylation sites is 1. The average molecular weight is 367 g/mol. The standard InChI is InChI=1S/C22H29N3O2/c1-24-12-5-4-8-19(24)21(26)25-13-10-22(11-14-25)20-17(9-15-27-22)16-6-2-3-7-18(16)23-20/h2-3,6-7,19,23H,4-5,8-15H2,1H3. The molecule has 3 aliphatic rings. The molecule has 1 unspecified atom stereocenters. The highest BCUT2D eigenvalue weighted by Crippen LogP contribution is 2.43.